The minimum Gasteiger partial charge on any atom is -0.461 e. The highest BCUT2D eigenvalue weighted by molar-refractivity contribution is 5.82. The van der Waals surface area contributed by atoms with Gasteiger partial charge in [-0.2, -0.15) is 0 Å². The van der Waals surface area contributed by atoms with E-state index in [-0.39, 0.29) is 31.3 Å². The number of fused-ring (bicyclic) bond motifs is 1. The van der Waals surface area contributed by atoms with Crippen LogP contribution < -0.4 is 0 Å². The number of hydrogen-bond acceptors (Lipinski definition) is 5. The molecule has 1 aliphatic rings. The summed E-state index contributed by atoms with van der Waals surface area (Å²) in [5.74, 6) is -0.0512. The van der Waals surface area contributed by atoms with Crippen molar-refractivity contribution in [3.05, 3.63) is 78.1 Å². The minimum atomic E-state index is -0.347. The lowest BCUT2D eigenvalue weighted by Crippen LogP contribution is -2.49. The first kappa shape index (κ1) is 19.8. The van der Waals surface area contributed by atoms with Gasteiger partial charge >= 0.3 is 5.97 Å². The Labute approximate surface area is 175 Å². The predicted molar refractivity (Wildman–Crippen MR) is 114 cm³/mol. The molecular formula is C24H23N3O3. The molecule has 6 nitrogen and oxygen atoms in total. The third-order valence-electron chi connectivity index (χ3n) is 5.07. The molecule has 0 unspecified atom stereocenters. The molecule has 3 heterocycles. The van der Waals surface area contributed by atoms with Gasteiger partial charge in [-0.3, -0.25) is 9.59 Å². The number of rotatable bonds is 7. The molecule has 4 rings (SSSR count). The summed E-state index contributed by atoms with van der Waals surface area (Å²) in [6, 6.07) is 17.3. The Balaban J connectivity index is 1.17. The molecule has 0 radical (unpaired) electrons. The highest BCUT2D eigenvalue weighted by Crippen LogP contribution is 2.20. The van der Waals surface area contributed by atoms with Crippen LogP contribution in [0.4, 0.5) is 0 Å². The second-order valence-corrected chi connectivity index (χ2v) is 7.35. The number of pyridine rings is 2. The number of nitrogens with zero attached hydrogens (tertiary/aromatic N) is 3. The molecule has 1 fully saturated rings. The van der Waals surface area contributed by atoms with Crippen molar-refractivity contribution in [2.45, 2.75) is 19.4 Å². The first-order valence-corrected chi connectivity index (χ1v) is 10.0. The second-order valence-electron chi connectivity index (χ2n) is 7.35. The second kappa shape index (κ2) is 9.31. The number of hydrogen-bond donors (Lipinski definition) is 0. The highest BCUT2D eigenvalue weighted by atomic mass is 16.5. The summed E-state index contributed by atoms with van der Waals surface area (Å²) in [7, 11) is 0. The fourth-order valence-electron chi connectivity index (χ4n) is 3.31. The molecule has 0 saturated carbocycles. The van der Waals surface area contributed by atoms with Gasteiger partial charge in [-0.05, 0) is 35.9 Å². The fourth-order valence-corrected chi connectivity index (χ4v) is 3.31. The third kappa shape index (κ3) is 5.08. The Morgan fingerprint density at radius 2 is 1.87 bits per heavy atom. The molecule has 0 bridgehead atoms. The topological polar surface area (TPSA) is 72.4 Å². The smallest absolute Gasteiger partial charge is 0.306 e. The quantitative estimate of drug-likeness (QED) is 0.566. The number of carbonyl (C=O) groups is 2. The van der Waals surface area contributed by atoms with Gasteiger partial charge < -0.3 is 9.64 Å². The van der Waals surface area contributed by atoms with Crippen molar-refractivity contribution >= 4 is 29.0 Å². The molecule has 30 heavy (non-hydrogen) atoms. The van der Waals surface area contributed by atoms with E-state index in [4.69, 9.17) is 4.74 Å². The first-order valence-electron chi connectivity index (χ1n) is 10.0. The van der Waals surface area contributed by atoms with Crippen LogP contribution in [0.15, 0.2) is 66.9 Å². The van der Waals surface area contributed by atoms with E-state index in [0.717, 1.165) is 22.3 Å². The van der Waals surface area contributed by atoms with E-state index in [1.807, 2.05) is 60.7 Å². The highest BCUT2D eigenvalue weighted by Gasteiger charge is 2.28. The number of esters is 1. The largest absolute Gasteiger partial charge is 0.461 e. The van der Waals surface area contributed by atoms with Crippen LogP contribution in [0.25, 0.3) is 17.1 Å². The Bertz CT molecular complexity index is 1060. The lowest BCUT2D eigenvalue weighted by atomic mass is 9.98. The van der Waals surface area contributed by atoms with Gasteiger partial charge in [0.2, 0.25) is 5.91 Å². The summed E-state index contributed by atoms with van der Waals surface area (Å²) >= 11 is 0. The maximum atomic E-state index is 12.2. The van der Waals surface area contributed by atoms with E-state index in [2.05, 4.69) is 16.0 Å². The molecule has 0 atom stereocenters. The zero-order valence-electron chi connectivity index (χ0n) is 16.6. The number of amides is 1. The van der Waals surface area contributed by atoms with Gasteiger partial charge in [0.1, 0.15) is 6.61 Å². The van der Waals surface area contributed by atoms with Crippen molar-refractivity contribution in [1.82, 2.24) is 14.9 Å². The Morgan fingerprint density at radius 3 is 2.70 bits per heavy atom. The molecule has 0 aliphatic carbocycles. The Kier molecular flexibility index (Phi) is 6.13. The van der Waals surface area contributed by atoms with Gasteiger partial charge in [0.25, 0.3) is 0 Å². The summed E-state index contributed by atoms with van der Waals surface area (Å²) < 4.78 is 5.22. The molecule has 1 amide bonds. The molecule has 1 aliphatic heterocycles. The van der Waals surface area contributed by atoms with Crippen LogP contribution >= 0.6 is 0 Å². The predicted octanol–water partition coefficient (Wildman–Crippen LogP) is 3.63. The Morgan fingerprint density at radius 1 is 1.03 bits per heavy atom. The molecule has 0 N–H and O–H groups in total. The molecule has 3 aromatic rings. The van der Waals surface area contributed by atoms with Crippen molar-refractivity contribution in [2.75, 3.05) is 13.1 Å². The summed E-state index contributed by atoms with van der Waals surface area (Å²) in [5.41, 5.74) is 2.52. The van der Waals surface area contributed by atoms with Crippen LogP contribution in [0.2, 0.25) is 0 Å². The van der Waals surface area contributed by atoms with Gasteiger partial charge in [-0.15, -0.1) is 0 Å². The monoisotopic (exact) mass is 401 g/mol. The molecular weight excluding hydrogens is 378 g/mol. The number of aromatic nitrogens is 2. The fraction of sp³-hybridized carbons (Fsp3) is 0.250. The summed E-state index contributed by atoms with van der Waals surface area (Å²) in [4.78, 5) is 34.7. The summed E-state index contributed by atoms with van der Waals surface area (Å²) in [6.45, 7) is 1.57. The Hall–Kier alpha value is -3.54. The number of likely N-dealkylation sites (tertiary alicyclic amines) is 1. The lowest BCUT2D eigenvalue weighted by Gasteiger charge is -2.37. The normalized spacial score (nSPS) is 14.1. The molecule has 152 valence electrons. The standard InChI is InChI=1S/C24H23N3O3/c28-22(12-13-23(29)30-17-18-5-2-1-3-6-18)27-15-19(16-27)8-10-21-11-9-20-7-4-14-25-24(20)26-21/h1-11,14,19H,12-13,15-17H2/b10-8+. The van der Waals surface area contributed by atoms with Crippen LogP contribution in [0.3, 0.4) is 0 Å². The van der Waals surface area contributed by atoms with Gasteiger partial charge in [0, 0.05) is 37.0 Å². The maximum Gasteiger partial charge on any atom is 0.306 e. The third-order valence-corrected chi connectivity index (χ3v) is 5.07. The van der Waals surface area contributed by atoms with E-state index >= 15 is 0 Å². The van der Waals surface area contributed by atoms with Crippen LogP contribution in [0, 0.1) is 5.92 Å². The zero-order chi connectivity index (χ0) is 20.8. The molecule has 6 heteroatoms. The summed E-state index contributed by atoms with van der Waals surface area (Å²) in [5, 5.41) is 1.01. The van der Waals surface area contributed by atoms with E-state index in [9.17, 15) is 9.59 Å². The maximum absolute atomic E-state index is 12.2. The average molecular weight is 401 g/mol. The van der Waals surface area contributed by atoms with E-state index in [0.29, 0.717) is 19.0 Å². The number of carbonyl (C=O) groups excluding carboxylic acids is 2. The molecule has 1 saturated heterocycles. The van der Waals surface area contributed by atoms with Crippen molar-refractivity contribution in [3.63, 3.8) is 0 Å². The minimum absolute atomic E-state index is 0.00987. The van der Waals surface area contributed by atoms with Crippen LogP contribution in [-0.4, -0.2) is 39.8 Å². The summed E-state index contributed by atoms with van der Waals surface area (Å²) in [6.07, 6.45) is 6.07. The lowest BCUT2D eigenvalue weighted by molar-refractivity contribution is -0.148. The molecule has 2 aromatic heterocycles. The van der Waals surface area contributed by atoms with E-state index < -0.39 is 0 Å². The first-order chi connectivity index (χ1) is 14.7. The van der Waals surface area contributed by atoms with Gasteiger partial charge in [0.05, 0.1) is 12.1 Å². The van der Waals surface area contributed by atoms with Crippen LogP contribution in [0.1, 0.15) is 24.1 Å². The van der Waals surface area contributed by atoms with E-state index in [1.165, 1.54) is 0 Å². The van der Waals surface area contributed by atoms with Crippen molar-refractivity contribution in [3.8, 4) is 0 Å². The van der Waals surface area contributed by atoms with Gasteiger partial charge in [-0.25, -0.2) is 9.97 Å². The average Bonchev–Trinajstić information content (AvgIpc) is 2.75. The van der Waals surface area contributed by atoms with Crippen LogP contribution in [0.5, 0.6) is 0 Å². The van der Waals surface area contributed by atoms with E-state index in [1.54, 1.807) is 11.1 Å². The van der Waals surface area contributed by atoms with Crippen LogP contribution in [-0.2, 0) is 20.9 Å². The molecule has 1 aromatic carbocycles. The van der Waals surface area contributed by atoms with Gasteiger partial charge in [0.15, 0.2) is 5.65 Å². The zero-order valence-corrected chi connectivity index (χ0v) is 16.6. The molecule has 0 spiro atoms. The van der Waals surface area contributed by atoms with Crippen molar-refractivity contribution in [1.29, 1.82) is 0 Å². The number of ether oxygens (including phenoxy) is 1. The SMILES string of the molecule is O=C(CCC(=O)N1CC(/C=C/c2ccc3cccnc3n2)C1)OCc1ccccc1. The van der Waals surface area contributed by atoms with Crippen molar-refractivity contribution in [2.24, 2.45) is 5.92 Å². The van der Waals surface area contributed by atoms with Gasteiger partial charge in [-0.1, -0.05) is 36.4 Å². The number of benzene rings is 1. The van der Waals surface area contributed by atoms with Crippen molar-refractivity contribution < 1.29 is 14.3 Å².